The number of carbonyl (C=O) groups excluding carboxylic acids is 2. The van der Waals surface area contributed by atoms with E-state index in [9.17, 15) is 9.59 Å². The molecule has 2 aliphatic rings. The fraction of sp³-hybridized carbons (Fsp3) is 0.333. The highest BCUT2D eigenvalue weighted by atomic mass is 19.1. The molecule has 6 nitrogen and oxygen atoms in total. The summed E-state index contributed by atoms with van der Waals surface area (Å²) in [6, 6.07) is 17.4. The molecule has 37 heavy (non-hydrogen) atoms. The van der Waals surface area contributed by atoms with E-state index in [-0.39, 0.29) is 29.7 Å². The predicted molar refractivity (Wildman–Crippen MR) is 147 cm³/mol. The number of hydrogen-bond acceptors (Lipinski definition) is 4. The fourth-order valence-electron chi connectivity index (χ4n) is 5.59. The zero-order chi connectivity index (χ0) is 26.3. The molecule has 0 unspecified atom stereocenters. The Labute approximate surface area is 217 Å². The molecule has 0 aliphatic carbocycles. The first-order valence-electron chi connectivity index (χ1n) is 12.8. The molecule has 2 aliphatic heterocycles. The molecule has 192 valence electrons. The maximum atomic E-state index is 15.1. The minimum Gasteiger partial charge on any atom is -0.366 e. The van der Waals surface area contributed by atoms with Crippen LogP contribution in [0.3, 0.4) is 0 Å². The summed E-state index contributed by atoms with van der Waals surface area (Å²) in [4.78, 5) is 28.7. The Kier molecular flexibility index (Phi) is 6.73. The number of piperazine rings is 1. The van der Waals surface area contributed by atoms with Gasteiger partial charge >= 0.3 is 0 Å². The molecule has 2 amide bonds. The Morgan fingerprint density at radius 2 is 1.68 bits per heavy atom. The number of anilines is 3. The average molecular weight is 501 g/mol. The molecule has 1 fully saturated rings. The molecule has 0 bridgehead atoms. The number of nitrogens with zero attached hydrogens (tertiary/aromatic N) is 2. The van der Waals surface area contributed by atoms with Crippen molar-refractivity contribution in [2.45, 2.75) is 46.2 Å². The normalized spacial score (nSPS) is 19.1. The summed E-state index contributed by atoms with van der Waals surface area (Å²) in [6.07, 6.45) is 0.643. The van der Waals surface area contributed by atoms with E-state index in [4.69, 9.17) is 0 Å². The first-order chi connectivity index (χ1) is 17.7. The summed E-state index contributed by atoms with van der Waals surface area (Å²) in [6.45, 7) is 9.68. The monoisotopic (exact) mass is 500 g/mol. The smallest absolute Gasteiger partial charge is 0.258 e. The number of nitrogens with one attached hydrogen (secondary N) is 2. The average Bonchev–Trinajstić information content (AvgIpc) is 3.25. The van der Waals surface area contributed by atoms with Crippen molar-refractivity contribution in [3.63, 3.8) is 0 Å². The molecule has 2 atom stereocenters. The van der Waals surface area contributed by atoms with Crippen LogP contribution in [-0.4, -0.2) is 43.5 Å². The van der Waals surface area contributed by atoms with Crippen LogP contribution in [0.1, 0.15) is 42.3 Å². The van der Waals surface area contributed by atoms with Crippen molar-refractivity contribution in [3.05, 3.63) is 77.1 Å². The summed E-state index contributed by atoms with van der Waals surface area (Å²) in [5, 5.41) is 6.29. The Morgan fingerprint density at radius 1 is 0.973 bits per heavy atom. The van der Waals surface area contributed by atoms with E-state index >= 15 is 4.39 Å². The third kappa shape index (κ3) is 5.09. The van der Waals surface area contributed by atoms with Crippen molar-refractivity contribution in [2.75, 3.05) is 34.8 Å². The highest BCUT2D eigenvalue weighted by Crippen LogP contribution is 2.36. The Morgan fingerprint density at radius 3 is 2.32 bits per heavy atom. The predicted octanol–water partition coefficient (Wildman–Crippen LogP) is 5.15. The number of benzene rings is 3. The van der Waals surface area contributed by atoms with Crippen molar-refractivity contribution >= 4 is 28.9 Å². The van der Waals surface area contributed by atoms with E-state index < -0.39 is 0 Å². The lowest BCUT2D eigenvalue weighted by Crippen LogP contribution is -2.54. The highest BCUT2D eigenvalue weighted by molar-refractivity contribution is 6.07. The highest BCUT2D eigenvalue weighted by Gasteiger charge is 2.30. The lowest BCUT2D eigenvalue weighted by atomic mass is 9.98. The van der Waals surface area contributed by atoms with Crippen molar-refractivity contribution in [1.29, 1.82) is 0 Å². The first-order valence-corrected chi connectivity index (χ1v) is 12.8. The Balaban J connectivity index is 1.38. The number of rotatable bonds is 4. The number of aryl methyl sites for hydroxylation is 1. The Hall–Kier alpha value is -3.71. The maximum Gasteiger partial charge on any atom is 0.258 e. The number of carbonyl (C=O) groups is 2. The molecule has 3 aromatic carbocycles. The number of amides is 2. The topological polar surface area (TPSA) is 64.7 Å². The summed E-state index contributed by atoms with van der Waals surface area (Å²) >= 11 is 0. The summed E-state index contributed by atoms with van der Waals surface area (Å²) in [5.74, 6) is -0.411. The number of hydrogen-bond donors (Lipinski definition) is 2. The molecule has 2 heterocycles. The maximum absolute atomic E-state index is 15.1. The van der Waals surface area contributed by atoms with Gasteiger partial charge in [-0.1, -0.05) is 18.2 Å². The van der Waals surface area contributed by atoms with Crippen LogP contribution >= 0.6 is 0 Å². The Bertz CT molecular complexity index is 1340. The zero-order valence-electron chi connectivity index (χ0n) is 21.8. The van der Waals surface area contributed by atoms with Gasteiger partial charge in [0.15, 0.2) is 0 Å². The van der Waals surface area contributed by atoms with Crippen molar-refractivity contribution in [3.8, 4) is 11.1 Å². The van der Waals surface area contributed by atoms with Gasteiger partial charge in [0.05, 0.1) is 5.69 Å². The van der Waals surface area contributed by atoms with E-state index in [1.54, 1.807) is 11.0 Å². The van der Waals surface area contributed by atoms with Crippen molar-refractivity contribution in [1.82, 2.24) is 5.32 Å². The van der Waals surface area contributed by atoms with Crippen LogP contribution < -0.4 is 20.4 Å². The summed E-state index contributed by atoms with van der Waals surface area (Å²) in [5.41, 5.74) is 6.66. The van der Waals surface area contributed by atoms with Gasteiger partial charge in [-0.25, -0.2) is 4.39 Å². The standard InChI is InChI=1S/C30H33FN4O2/c1-18-13-25(33-21(4)36)9-10-26(18)22-5-7-23(8-6-22)30(37)35-12-11-24-14-27(31)29(15-28(24)35)34-16-19(2)32-20(3)17-34/h5-10,13-15,19-20,32H,11-12,16-17H2,1-4H3,(H,33,36)/t19-,20+. The van der Waals surface area contributed by atoms with Crippen LogP contribution in [0.25, 0.3) is 11.1 Å². The van der Waals surface area contributed by atoms with Crippen LogP contribution in [0, 0.1) is 12.7 Å². The van der Waals surface area contributed by atoms with Crippen LogP contribution in [0.5, 0.6) is 0 Å². The zero-order valence-corrected chi connectivity index (χ0v) is 21.8. The van der Waals surface area contributed by atoms with E-state index in [1.807, 2.05) is 55.5 Å². The van der Waals surface area contributed by atoms with Gasteiger partial charge in [0.1, 0.15) is 5.82 Å². The molecular weight excluding hydrogens is 467 g/mol. The second-order valence-electron chi connectivity index (χ2n) is 10.3. The molecule has 0 aromatic heterocycles. The number of halogens is 1. The molecule has 0 radical (unpaired) electrons. The minimum atomic E-state index is -0.224. The van der Waals surface area contributed by atoms with Crippen LogP contribution in [0.15, 0.2) is 54.6 Å². The number of fused-ring (bicyclic) bond motifs is 1. The molecule has 7 heteroatoms. The van der Waals surface area contributed by atoms with Crippen LogP contribution in [-0.2, 0) is 11.2 Å². The van der Waals surface area contributed by atoms with Gasteiger partial charge in [-0.15, -0.1) is 0 Å². The second kappa shape index (κ2) is 9.98. The lowest BCUT2D eigenvalue weighted by Gasteiger charge is -2.38. The molecule has 3 aromatic rings. The fourth-order valence-corrected chi connectivity index (χ4v) is 5.59. The molecular formula is C30H33FN4O2. The first kappa shape index (κ1) is 25.0. The van der Waals surface area contributed by atoms with Gasteiger partial charge in [-0.2, -0.15) is 0 Å². The SMILES string of the molecule is CC(=O)Nc1ccc(-c2ccc(C(=O)N3CCc4cc(F)c(N5C[C@@H](C)N[C@@H](C)C5)cc43)cc2)c(C)c1. The quantitative estimate of drug-likeness (QED) is 0.520. The molecule has 2 N–H and O–H groups in total. The third-order valence-corrected chi connectivity index (χ3v) is 7.18. The minimum absolute atomic E-state index is 0.0809. The molecule has 1 saturated heterocycles. The van der Waals surface area contributed by atoms with Crippen molar-refractivity contribution < 1.29 is 14.0 Å². The summed E-state index contributed by atoms with van der Waals surface area (Å²) in [7, 11) is 0. The van der Waals surface area contributed by atoms with E-state index in [0.717, 1.165) is 46.7 Å². The van der Waals surface area contributed by atoms with Crippen LogP contribution in [0.4, 0.5) is 21.5 Å². The van der Waals surface area contributed by atoms with Gasteiger partial charge in [0.2, 0.25) is 5.91 Å². The van der Waals surface area contributed by atoms with E-state index in [0.29, 0.717) is 24.2 Å². The summed E-state index contributed by atoms with van der Waals surface area (Å²) < 4.78 is 15.1. The molecule has 0 saturated carbocycles. The van der Waals surface area contributed by atoms with E-state index in [1.165, 1.54) is 6.92 Å². The molecule has 0 spiro atoms. The van der Waals surface area contributed by atoms with Gasteiger partial charge in [-0.05, 0) is 85.8 Å². The van der Waals surface area contributed by atoms with E-state index in [2.05, 4.69) is 29.4 Å². The largest absolute Gasteiger partial charge is 0.366 e. The van der Waals surface area contributed by atoms with Gasteiger partial charge < -0.3 is 20.4 Å². The molecule has 5 rings (SSSR count). The van der Waals surface area contributed by atoms with Gasteiger partial charge in [0, 0.05) is 55.6 Å². The third-order valence-electron chi connectivity index (χ3n) is 7.18. The van der Waals surface area contributed by atoms with Gasteiger partial charge in [-0.3, -0.25) is 9.59 Å². The van der Waals surface area contributed by atoms with Gasteiger partial charge in [0.25, 0.3) is 5.91 Å². The lowest BCUT2D eigenvalue weighted by molar-refractivity contribution is -0.114. The second-order valence-corrected chi connectivity index (χ2v) is 10.3. The van der Waals surface area contributed by atoms with Crippen LogP contribution in [0.2, 0.25) is 0 Å². The van der Waals surface area contributed by atoms with Crippen molar-refractivity contribution in [2.24, 2.45) is 0 Å².